The molecule has 1 aromatic heterocycles. The maximum absolute atomic E-state index is 13.5. The van der Waals surface area contributed by atoms with E-state index in [0.717, 1.165) is 15.4 Å². The molecule has 18 heavy (non-hydrogen) atoms. The van der Waals surface area contributed by atoms with Crippen molar-refractivity contribution >= 4 is 11.3 Å². The summed E-state index contributed by atoms with van der Waals surface area (Å²) in [5.74, 6) is -0.204. The van der Waals surface area contributed by atoms with E-state index in [0.29, 0.717) is 6.42 Å². The monoisotopic (exact) mass is 267 g/mol. The number of ether oxygens (including phenoxy) is 1. The number of hydrogen-bond acceptors (Lipinski definition) is 4. The molecule has 3 nitrogen and oxygen atoms in total. The first-order valence-electron chi connectivity index (χ1n) is 5.53. The first-order chi connectivity index (χ1) is 8.60. The smallest absolute Gasteiger partial charge is 0.165 e. The van der Waals surface area contributed by atoms with Crippen LogP contribution in [-0.4, -0.2) is 17.2 Å². The van der Waals surface area contributed by atoms with Crippen molar-refractivity contribution in [3.63, 3.8) is 0 Å². The number of aliphatic hydroxyl groups is 1. The molecule has 1 unspecified atom stereocenters. The van der Waals surface area contributed by atoms with Gasteiger partial charge < -0.3 is 9.84 Å². The number of thiazole rings is 1. The molecule has 1 aromatic carbocycles. The van der Waals surface area contributed by atoms with Gasteiger partial charge in [-0.25, -0.2) is 9.37 Å². The van der Waals surface area contributed by atoms with Crippen molar-refractivity contribution in [2.24, 2.45) is 0 Å². The first-order valence-corrected chi connectivity index (χ1v) is 6.34. The average Bonchev–Trinajstić information content (AvgIpc) is 2.76. The molecule has 0 bridgehead atoms. The number of aliphatic hydroxyl groups excluding tert-OH is 1. The number of hydrogen-bond donors (Lipinski definition) is 1. The van der Waals surface area contributed by atoms with Crippen molar-refractivity contribution in [3.05, 3.63) is 45.7 Å². The normalized spacial score (nSPS) is 12.4. The molecule has 2 aromatic rings. The minimum absolute atomic E-state index is 0.210. The zero-order valence-electron chi connectivity index (χ0n) is 10.2. The fourth-order valence-electron chi connectivity index (χ4n) is 1.69. The molecule has 0 saturated carbocycles. The summed E-state index contributed by atoms with van der Waals surface area (Å²) in [6, 6.07) is 4.70. The summed E-state index contributed by atoms with van der Waals surface area (Å²) in [6.45, 7) is 1.88. The number of methoxy groups -OCH3 is 1. The highest BCUT2D eigenvalue weighted by atomic mass is 32.1. The van der Waals surface area contributed by atoms with Crippen LogP contribution in [0.5, 0.6) is 5.75 Å². The Morgan fingerprint density at radius 3 is 2.83 bits per heavy atom. The summed E-state index contributed by atoms with van der Waals surface area (Å²) in [5.41, 5.74) is 0.729. The lowest BCUT2D eigenvalue weighted by atomic mass is 10.1. The maximum atomic E-state index is 13.5. The lowest BCUT2D eigenvalue weighted by Crippen LogP contribution is -2.00. The van der Waals surface area contributed by atoms with Crippen LogP contribution in [0.1, 0.15) is 21.6 Å². The Labute approximate surface area is 109 Å². The van der Waals surface area contributed by atoms with Gasteiger partial charge in [0.05, 0.1) is 23.1 Å². The van der Waals surface area contributed by atoms with Gasteiger partial charge in [0.1, 0.15) is 0 Å². The van der Waals surface area contributed by atoms with Crippen LogP contribution in [0.15, 0.2) is 24.4 Å². The van der Waals surface area contributed by atoms with Crippen LogP contribution in [0.4, 0.5) is 4.39 Å². The van der Waals surface area contributed by atoms with Crippen molar-refractivity contribution in [2.75, 3.05) is 7.11 Å². The summed E-state index contributed by atoms with van der Waals surface area (Å²) in [4.78, 5) is 4.88. The van der Waals surface area contributed by atoms with Crippen LogP contribution in [0, 0.1) is 12.7 Å². The van der Waals surface area contributed by atoms with Crippen molar-refractivity contribution in [3.8, 4) is 5.75 Å². The molecule has 1 heterocycles. The largest absolute Gasteiger partial charge is 0.494 e. The second-order valence-corrected chi connectivity index (χ2v) is 5.24. The van der Waals surface area contributed by atoms with Gasteiger partial charge in [-0.3, -0.25) is 0 Å². The van der Waals surface area contributed by atoms with Crippen LogP contribution in [-0.2, 0) is 6.42 Å². The van der Waals surface area contributed by atoms with Gasteiger partial charge in [0.2, 0.25) is 0 Å². The molecule has 1 atom stereocenters. The number of rotatable bonds is 4. The third-order valence-corrected chi connectivity index (χ3v) is 3.63. The molecule has 96 valence electrons. The fraction of sp³-hybridized carbons (Fsp3) is 0.308. The number of halogens is 1. The third kappa shape index (κ3) is 2.86. The van der Waals surface area contributed by atoms with Crippen LogP contribution in [0.25, 0.3) is 0 Å². The van der Waals surface area contributed by atoms with E-state index in [1.807, 2.05) is 6.92 Å². The predicted molar refractivity (Wildman–Crippen MR) is 68.5 cm³/mol. The summed E-state index contributed by atoms with van der Waals surface area (Å²) in [5, 5.41) is 10.9. The molecule has 0 spiro atoms. The van der Waals surface area contributed by atoms with Gasteiger partial charge in [0.25, 0.3) is 0 Å². The molecule has 0 fully saturated rings. The topological polar surface area (TPSA) is 42.4 Å². The summed E-state index contributed by atoms with van der Waals surface area (Å²) >= 11 is 1.45. The second kappa shape index (κ2) is 5.46. The lowest BCUT2D eigenvalue weighted by molar-refractivity contribution is 0.182. The summed E-state index contributed by atoms with van der Waals surface area (Å²) in [6.07, 6.45) is 1.37. The fourth-order valence-corrected chi connectivity index (χ4v) is 2.46. The van der Waals surface area contributed by atoms with E-state index in [4.69, 9.17) is 4.74 Å². The minimum Gasteiger partial charge on any atom is -0.494 e. The molecule has 5 heteroatoms. The van der Waals surface area contributed by atoms with E-state index in [1.165, 1.54) is 24.5 Å². The minimum atomic E-state index is -0.649. The van der Waals surface area contributed by atoms with Crippen molar-refractivity contribution in [1.82, 2.24) is 4.98 Å². The Balaban J connectivity index is 2.12. The lowest BCUT2D eigenvalue weighted by Gasteiger charge is -2.09. The molecule has 1 N–H and O–H groups in total. The zero-order chi connectivity index (χ0) is 13.1. The SMILES string of the molecule is COc1ccc(CC(O)c2cnc(C)s2)cc1F. The standard InChI is InChI=1S/C13H14FNO2S/c1-8-15-7-13(18-8)11(16)6-9-3-4-12(17-2)10(14)5-9/h3-5,7,11,16H,6H2,1-2H3. The Morgan fingerprint density at radius 1 is 1.50 bits per heavy atom. The second-order valence-electron chi connectivity index (χ2n) is 3.97. The number of aryl methyl sites for hydroxylation is 1. The van der Waals surface area contributed by atoms with E-state index in [-0.39, 0.29) is 5.75 Å². The maximum Gasteiger partial charge on any atom is 0.165 e. The van der Waals surface area contributed by atoms with Gasteiger partial charge in [0.15, 0.2) is 11.6 Å². The van der Waals surface area contributed by atoms with Crippen LogP contribution >= 0.6 is 11.3 Å². The van der Waals surface area contributed by atoms with Gasteiger partial charge in [-0.1, -0.05) is 6.07 Å². The van der Waals surface area contributed by atoms with Crippen LogP contribution in [0.3, 0.4) is 0 Å². The number of nitrogens with zero attached hydrogens (tertiary/aromatic N) is 1. The van der Waals surface area contributed by atoms with Crippen molar-refractivity contribution in [1.29, 1.82) is 0 Å². The summed E-state index contributed by atoms with van der Waals surface area (Å²) < 4.78 is 18.3. The Morgan fingerprint density at radius 2 is 2.28 bits per heavy atom. The highest BCUT2D eigenvalue weighted by molar-refractivity contribution is 7.11. The number of aromatic nitrogens is 1. The summed E-state index contributed by atoms with van der Waals surface area (Å²) in [7, 11) is 1.42. The third-order valence-electron chi connectivity index (χ3n) is 2.61. The van der Waals surface area contributed by atoms with Crippen LogP contribution < -0.4 is 4.74 Å². The zero-order valence-corrected chi connectivity index (χ0v) is 11.0. The van der Waals surface area contributed by atoms with E-state index in [9.17, 15) is 9.50 Å². The van der Waals surface area contributed by atoms with Crippen molar-refractivity contribution in [2.45, 2.75) is 19.4 Å². The molecule has 0 amide bonds. The van der Waals surface area contributed by atoms with E-state index in [1.54, 1.807) is 18.3 Å². The molecule has 0 aliphatic carbocycles. The van der Waals surface area contributed by atoms with Gasteiger partial charge >= 0.3 is 0 Å². The van der Waals surface area contributed by atoms with E-state index in [2.05, 4.69) is 4.98 Å². The molecule has 2 rings (SSSR count). The Hall–Kier alpha value is -1.46. The highest BCUT2D eigenvalue weighted by Gasteiger charge is 2.13. The molecule has 0 aliphatic heterocycles. The molecular formula is C13H14FNO2S. The molecule has 0 aliphatic rings. The van der Waals surface area contributed by atoms with Crippen LogP contribution in [0.2, 0.25) is 0 Å². The first kappa shape index (κ1) is 13.0. The van der Waals surface area contributed by atoms with Gasteiger partial charge in [-0.05, 0) is 24.6 Å². The molecule has 0 saturated heterocycles. The quantitative estimate of drug-likeness (QED) is 0.926. The Kier molecular flexibility index (Phi) is 3.93. The van der Waals surface area contributed by atoms with Gasteiger partial charge in [-0.2, -0.15) is 0 Å². The van der Waals surface area contributed by atoms with E-state index >= 15 is 0 Å². The van der Waals surface area contributed by atoms with Crippen molar-refractivity contribution < 1.29 is 14.2 Å². The molecular weight excluding hydrogens is 253 g/mol. The highest BCUT2D eigenvalue weighted by Crippen LogP contribution is 2.25. The average molecular weight is 267 g/mol. The Bertz CT molecular complexity index is 542. The predicted octanol–water partition coefficient (Wildman–Crippen LogP) is 2.88. The number of benzene rings is 1. The molecule has 0 radical (unpaired) electrons. The van der Waals surface area contributed by atoms with E-state index < -0.39 is 11.9 Å². The van der Waals surface area contributed by atoms with Gasteiger partial charge in [0, 0.05) is 12.6 Å². The van der Waals surface area contributed by atoms with Gasteiger partial charge in [-0.15, -0.1) is 11.3 Å².